The Kier molecular flexibility index (Phi) is 3.02. The second-order valence-corrected chi connectivity index (χ2v) is 4.42. The summed E-state index contributed by atoms with van der Waals surface area (Å²) in [6.07, 6.45) is 0. The summed E-state index contributed by atoms with van der Waals surface area (Å²) in [7, 11) is 0. The van der Waals surface area contributed by atoms with E-state index in [2.05, 4.69) is 5.32 Å². The molecule has 3 rings (SSSR count). The van der Waals surface area contributed by atoms with Crippen LogP contribution in [0.5, 0.6) is 11.5 Å². The molecule has 0 atom stereocenters. The van der Waals surface area contributed by atoms with Crippen LogP contribution in [0.3, 0.4) is 0 Å². The molecule has 0 aliphatic carbocycles. The number of nitrogens with one attached hydrogen (secondary N) is 1. The molecule has 6 nitrogen and oxygen atoms in total. The fourth-order valence-corrected chi connectivity index (χ4v) is 1.99. The molecule has 1 aliphatic rings. The van der Waals surface area contributed by atoms with Gasteiger partial charge in [-0.2, -0.15) is 0 Å². The molecule has 0 saturated carbocycles. The second kappa shape index (κ2) is 4.86. The van der Waals surface area contributed by atoms with Crippen LogP contribution in [0.1, 0.15) is 10.4 Å². The number of anilines is 3. The summed E-state index contributed by atoms with van der Waals surface area (Å²) < 4.78 is 24.1. The molecule has 0 amide bonds. The first kappa shape index (κ1) is 13.0. The highest BCUT2D eigenvalue weighted by Crippen LogP contribution is 2.36. The van der Waals surface area contributed by atoms with Crippen molar-refractivity contribution in [2.75, 3.05) is 17.8 Å². The molecule has 0 radical (unpaired) electrons. The van der Waals surface area contributed by atoms with Crippen molar-refractivity contribution in [3.63, 3.8) is 0 Å². The SMILES string of the molecule is Nc1cc(C(=O)O)c(F)cc1Nc1ccc2c(c1)OCO2. The van der Waals surface area contributed by atoms with Gasteiger partial charge in [0.25, 0.3) is 0 Å². The van der Waals surface area contributed by atoms with Gasteiger partial charge in [0.1, 0.15) is 5.82 Å². The number of nitrogen functional groups attached to an aromatic ring is 1. The molecular weight excluding hydrogens is 279 g/mol. The molecular formula is C14H11FN2O4. The maximum atomic E-state index is 13.7. The van der Waals surface area contributed by atoms with E-state index in [0.717, 1.165) is 12.1 Å². The van der Waals surface area contributed by atoms with Crippen LogP contribution in [0.4, 0.5) is 21.5 Å². The zero-order valence-electron chi connectivity index (χ0n) is 10.7. The van der Waals surface area contributed by atoms with Gasteiger partial charge in [0.2, 0.25) is 6.79 Å². The summed E-state index contributed by atoms with van der Waals surface area (Å²) in [5, 5.41) is 11.7. The van der Waals surface area contributed by atoms with E-state index in [9.17, 15) is 9.18 Å². The summed E-state index contributed by atoms with van der Waals surface area (Å²) in [5.41, 5.74) is 6.30. The predicted octanol–water partition coefficient (Wildman–Crippen LogP) is 2.58. The molecule has 0 saturated heterocycles. The molecule has 0 bridgehead atoms. The van der Waals surface area contributed by atoms with Gasteiger partial charge in [-0.05, 0) is 18.2 Å². The number of hydrogen-bond donors (Lipinski definition) is 3. The van der Waals surface area contributed by atoms with Crippen LogP contribution < -0.4 is 20.5 Å². The summed E-state index contributed by atoms with van der Waals surface area (Å²) in [5.74, 6) is -1.03. The Morgan fingerprint density at radius 1 is 1.24 bits per heavy atom. The van der Waals surface area contributed by atoms with Crippen molar-refractivity contribution >= 4 is 23.0 Å². The van der Waals surface area contributed by atoms with Gasteiger partial charge in [0.15, 0.2) is 11.5 Å². The number of hydrogen-bond acceptors (Lipinski definition) is 5. The summed E-state index contributed by atoms with van der Waals surface area (Å²) in [6, 6.07) is 7.24. The van der Waals surface area contributed by atoms with E-state index in [1.807, 2.05) is 0 Å². The molecule has 1 heterocycles. The standard InChI is InChI=1S/C14H11FN2O4/c15-9-5-11(10(16)4-8(9)14(18)19)17-7-1-2-12-13(3-7)21-6-20-12/h1-5,17H,6,16H2,(H,18,19). The van der Waals surface area contributed by atoms with E-state index in [1.54, 1.807) is 18.2 Å². The van der Waals surface area contributed by atoms with Crippen LogP contribution in [0, 0.1) is 5.82 Å². The van der Waals surface area contributed by atoms with Gasteiger partial charge in [-0.3, -0.25) is 0 Å². The fraction of sp³-hybridized carbons (Fsp3) is 0.0714. The molecule has 2 aromatic rings. The van der Waals surface area contributed by atoms with E-state index >= 15 is 0 Å². The summed E-state index contributed by atoms with van der Waals surface area (Å²) >= 11 is 0. The Bertz CT molecular complexity index is 733. The van der Waals surface area contributed by atoms with Crippen molar-refractivity contribution in [3.05, 3.63) is 41.7 Å². The van der Waals surface area contributed by atoms with E-state index < -0.39 is 17.3 Å². The maximum Gasteiger partial charge on any atom is 0.338 e. The van der Waals surface area contributed by atoms with Crippen molar-refractivity contribution in [1.82, 2.24) is 0 Å². The lowest BCUT2D eigenvalue weighted by atomic mass is 10.1. The number of carboxylic acid groups (broad SMARTS) is 1. The molecule has 0 unspecified atom stereocenters. The van der Waals surface area contributed by atoms with Gasteiger partial charge in [-0.1, -0.05) is 0 Å². The third-order valence-electron chi connectivity index (χ3n) is 3.02. The number of ether oxygens (including phenoxy) is 2. The number of carboxylic acids is 1. The zero-order valence-corrected chi connectivity index (χ0v) is 10.7. The third-order valence-corrected chi connectivity index (χ3v) is 3.02. The van der Waals surface area contributed by atoms with Gasteiger partial charge in [0.05, 0.1) is 16.9 Å². The van der Waals surface area contributed by atoms with E-state index in [0.29, 0.717) is 17.2 Å². The highest BCUT2D eigenvalue weighted by molar-refractivity contribution is 5.91. The minimum absolute atomic E-state index is 0.131. The van der Waals surface area contributed by atoms with Crippen molar-refractivity contribution in [1.29, 1.82) is 0 Å². The minimum Gasteiger partial charge on any atom is -0.478 e. The molecule has 0 fully saturated rings. The first-order chi connectivity index (χ1) is 10.0. The first-order valence-electron chi connectivity index (χ1n) is 6.03. The number of aromatic carboxylic acids is 1. The highest BCUT2D eigenvalue weighted by atomic mass is 19.1. The number of rotatable bonds is 3. The van der Waals surface area contributed by atoms with Crippen LogP contribution in [0.15, 0.2) is 30.3 Å². The molecule has 21 heavy (non-hydrogen) atoms. The average molecular weight is 290 g/mol. The van der Waals surface area contributed by atoms with Crippen molar-refractivity contribution < 1.29 is 23.8 Å². The monoisotopic (exact) mass is 290 g/mol. The van der Waals surface area contributed by atoms with Crippen molar-refractivity contribution in [2.45, 2.75) is 0 Å². The Morgan fingerprint density at radius 3 is 2.76 bits per heavy atom. The zero-order chi connectivity index (χ0) is 15.0. The molecule has 7 heteroatoms. The Morgan fingerprint density at radius 2 is 2.00 bits per heavy atom. The normalized spacial score (nSPS) is 12.2. The van der Waals surface area contributed by atoms with Gasteiger partial charge < -0.3 is 25.6 Å². The van der Waals surface area contributed by atoms with Crippen LogP contribution >= 0.6 is 0 Å². The molecule has 2 aromatic carbocycles. The minimum atomic E-state index is -1.37. The number of fused-ring (bicyclic) bond motifs is 1. The largest absolute Gasteiger partial charge is 0.478 e. The van der Waals surface area contributed by atoms with E-state index in [-0.39, 0.29) is 18.2 Å². The number of nitrogens with two attached hydrogens (primary N) is 1. The lowest BCUT2D eigenvalue weighted by molar-refractivity contribution is 0.0692. The van der Waals surface area contributed by atoms with Gasteiger partial charge in [-0.15, -0.1) is 0 Å². The van der Waals surface area contributed by atoms with Crippen LogP contribution in [0.25, 0.3) is 0 Å². The van der Waals surface area contributed by atoms with E-state index in [1.165, 1.54) is 0 Å². The van der Waals surface area contributed by atoms with Gasteiger partial charge in [0, 0.05) is 17.8 Å². The van der Waals surface area contributed by atoms with Crippen LogP contribution in [0.2, 0.25) is 0 Å². The van der Waals surface area contributed by atoms with Crippen LogP contribution in [-0.4, -0.2) is 17.9 Å². The van der Waals surface area contributed by atoms with Crippen LogP contribution in [-0.2, 0) is 0 Å². The van der Waals surface area contributed by atoms with Crippen molar-refractivity contribution in [3.8, 4) is 11.5 Å². The first-order valence-corrected chi connectivity index (χ1v) is 6.03. The molecule has 1 aliphatic heterocycles. The van der Waals surface area contributed by atoms with Gasteiger partial charge >= 0.3 is 5.97 Å². The van der Waals surface area contributed by atoms with Gasteiger partial charge in [-0.25, -0.2) is 9.18 Å². The molecule has 108 valence electrons. The molecule has 0 spiro atoms. The van der Waals surface area contributed by atoms with Crippen molar-refractivity contribution in [2.24, 2.45) is 0 Å². The summed E-state index contributed by atoms with van der Waals surface area (Å²) in [6.45, 7) is 0.156. The Labute approximate surface area is 118 Å². The molecule has 0 aromatic heterocycles. The topological polar surface area (TPSA) is 93.8 Å². The lowest BCUT2D eigenvalue weighted by Gasteiger charge is -2.11. The summed E-state index contributed by atoms with van der Waals surface area (Å²) in [4.78, 5) is 10.8. The second-order valence-electron chi connectivity index (χ2n) is 4.42. The number of halogens is 1. The number of benzene rings is 2. The Hall–Kier alpha value is -2.96. The average Bonchev–Trinajstić information content (AvgIpc) is 2.89. The fourth-order valence-electron chi connectivity index (χ4n) is 1.99. The quantitative estimate of drug-likeness (QED) is 0.752. The third kappa shape index (κ3) is 2.40. The number of carbonyl (C=O) groups is 1. The van der Waals surface area contributed by atoms with E-state index in [4.69, 9.17) is 20.3 Å². The molecule has 4 N–H and O–H groups in total. The smallest absolute Gasteiger partial charge is 0.338 e. The maximum absolute atomic E-state index is 13.7. The predicted molar refractivity (Wildman–Crippen MR) is 73.6 cm³/mol. The Balaban J connectivity index is 1.91. The highest BCUT2D eigenvalue weighted by Gasteiger charge is 2.16. The lowest BCUT2D eigenvalue weighted by Crippen LogP contribution is -2.05.